The van der Waals surface area contributed by atoms with Gasteiger partial charge in [0.05, 0.1) is 10.9 Å². The Labute approximate surface area is 195 Å². The molecule has 4 aromatic rings. The number of carbonyl (C=O) groups is 1. The molecule has 2 fully saturated rings. The van der Waals surface area contributed by atoms with Gasteiger partial charge in [-0.15, -0.1) is 11.3 Å². The Kier molecular flexibility index (Phi) is 4.26. The number of pyridine rings is 1. The number of anilines is 2. The molecule has 4 aromatic heterocycles. The van der Waals surface area contributed by atoms with Crippen LogP contribution in [0.25, 0.3) is 15.7 Å². The zero-order chi connectivity index (χ0) is 22.1. The second-order valence-corrected chi connectivity index (χ2v) is 10.6. The molecule has 1 N–H and O–H groups in total. The van der Waals surface area contributed by atoms with E-state index in [1.54, 1.807) is 23.9 Å². The van der Waals surface area contributed by atoms with Crippen LogP contribution in [0.2, 0.25) is 0 Å². The average molecular weight is 460 g/mol. The summed E-state index contributed by atoms with van der Waals surface area (Å²) in [4.78, 5) is 29.4. The molecule has 2 aliphatic heterocycles. The Hall–Kier alpha value is -3.04. The zero-order valence-corrected chi connectivity index (χ0v) is 19.3. The predicted octanol–water partition coefficient (Wildman–Crippen LogP) is 3.10. The van der Waals surface area contributed by atoms with E-state index >= 15 is 0 Å². The molecule has 1 amide bonds. The maximum atomic E-state index is 13.4. The van der Waals surface area contributed by atoms with Crippen LogP contribution in [0.3, 0.4) is 0 Å². The molecule has 0 spiro atoms. The first kappa shape index (κ1) is 19.4. The lowest BCUT2D eigenvalue weighted by Crippen LogP contribution is -2.49. The lowest BCUT2D eigenvalue weighted by atomic mass is 9.86. The van der Waals surface area contributed by atoms with Crippen molar-refractivity contribution in [1.82, 2.24) is 29.4 Å². The number of hydrogen-bond acceptors (Lipinski definition) is 7. The lowest BCUT2D eigenvalue weighted by Gasteiger charge is -2.35. The van der Waals surface area contributed by atoms with Crippen molar-refractivity contribution < 1.29 is 4.79 Å². The molecule has 9 heteroatoms. The van der Waals surface area contributed by atoms with Gasteiger partial charge in [-0.1, -0.05) is 0 Å². The summed E-state index contributed by atoms with van der Waals surface area (Å²) in [5, 5.41) is 8.87. The van der Waals surface area contributed by atoms with Gasteiger partial charge in [0.15, 0.2) is 0 Å². The maximum absolute atomic E-state index is 13.4. The second-order valence-electron chi connectivity index (χ2n) is 9.56. The Bertz CT molecular complexity index is 1390. The van der Waals surface area contributed by atoms with Gasteiger partial charge in [-0.2, -0.15) is 5.10 Å². The van der Waals surface area contributed by atoms with Gasteiger partial charge in [0, 0.05) is 54.0 Å². The minimum absolute atomic E-state index is 0.0869. The molecule has 33 heavy (non-hydrogen) atoms. The number of piperazine rings is 1. The number of rotatable bonds is 3. The number of likely N-dealkylation sites (tertiary alicyclic amines) is 2. The van der Waals surface area contributed by atoms with Crippen LogP contribution in [-0.2, 0) is 17.6 Å². The Balaban J connectivity index is 1.17. The number of nitrogens with zero attached hydrogens (tertiary/aromatic N) is 6. The summed E-state index contributed by atoms with van der Waals surface area (Å²) in [6, 6.07) is 7.01. The minimum atomic E-state index is 0.0869. The fraction of sp³-hybridized carbons (Fsp3) is 0.417. The van der Waals surface area contributed by atoms with Gasteiger partial charge >= 0.3 is 0 Å². The van der Waals surface area contributed by atoms with Crippen LogP contribution in [0.5, 0.6) is 0 Å². The molecule has 3 atom stereocenters. The lowest BCUT2D eigenvalue weighted by molar-refractivity contribution is -0.138. The van der Waals surface area contributed by atoms with Crippen molar-refractivity contribution >= 4 is 44.5 Å². The van der Waals surface area contributed by atoms with Crippen molar-refractivity contribution in [2.24, 2.45) is 5.92 Å². The number of fused-ring (bicyclic) bond motifs is 6. The fourth-order valence-electron chi connectivity index (χ4n) is 5.92. The van der Waals surface area contributed by atoms with Crippen molar-refractivity contribution in [1.29, 1.82) is 0 Å². The molecule has 3 aliphatic rings. The third kappa shape index (κ3) is 3.06. The summed E-state index contributed by atoms with van der Waals surface area (Å²) in [5.41, 5.74) is 3.32. The zero-order valence-electron chi connectivity index (χ0n) is 18.4. The van der Waals surface area contributed by atoms with Crippen LogP contribution in [0.15, 0.2) is 36.9 Å². The summed E-state index contributed by atoms with van der Waals surface area (Å²) in [7, 11) is 2.18. The van der Waals surface area contributed by atoms with Crippen LogP contribution < -0.4 is 5.32 Å². The quantitative estimate of drug-likeness (QED) is 0.507. The molecule has 7 rings (SSSR count). The summed E-state index contributed by atoms with van der Waals surface area (Å²) in [5.74, 6) is 1.28. The first-order valence-electron chi connectivity index (χ1n) is 11.6. The van der Waals surface area contributed by atoms with Crippen LogP contribution in [0.1, 0.15) is 23.3 Å². The van der Waals surface area contributed by atoms with Crippen molar-refractivity contribution in [2.75, 3.05) is 25.5 Å². The largest absolute Gasteiger partial charge is 0.339 e. The summed E-state index contributed by atoms with van der Waals surface area (Å²) in [6.07, 6.45) is 9.12. The van der Waals surface area contributed by atoms with E-state index in [4.69, 9.17) is 0 Å². The SMILES string of the molecule is CN1C[C@@H]2C[C@H]1CN2C(=O)[C@H]1CCc2c(sc3ncnc(Nc4ccn5nccc5c4)c23)C1. The van der Waals surface area contributed by atoms with E-state index in [-0.39, 0.29) is 5.92 Å². The molecule has 6 heterocycles. The molecule has 8 nitrogen and oxygen atoms in total. The smallest absolute Gasteiger partial charge is 0.226 e. The molecule has 1 aliphatic carbocycles. The van der Waals surface area contributed by atoms with E-state index in [1.807, 2.05) is 22.8 Å². The number of hydrogen-bond donors (Lipinski definition) is 1. The number of thiophene rings is 1. The molecule has 0 aromatic carbocycles. The number of aromatic nitrogens is 4. The predicted molar refractivity (Wildman–Crippen MR) is 128 cm³/mol. The van der Waals surface area contributed by atoms with Crippen molar-refractivity contribution in [3.63, 3.8) is 0 Å². The van der Waals surface area contributed by atoms with Crippen LogP contribution in [0, 0.1) is 5.92 Å². The first-order valence-corrected chi connectivity index (χ1v) is 12.4. The highest BCUT2D eigenvalue weighted by Gasteiger charge is 2.45. The second kappa shape index (κ2) is 7.23. The van der Waals surface area contributed by atoms with Gasteiger partial charge in [0.25, 0.3) is 0 Å². The molecule has 2 saturated heterocycles. The first-order chi connectivity index (χ1) is 16.1. The number of nitrogens with one attached hydrogen (secondary N) is 1. The Morgan fingerprint density at radius 3 is 3.00 bits per heavy atom. The topological polar surface area (TPSA) is 78.7 Å². The normalized spacial score (nSPS) is 24.6. The van der Waals surface area contributed by atoms with Crippen LogP contribution in [-0.4, -0.2) is 67.5 Å². The monoisotopic (exact) mass is 459 g/mol. The van der Waals surface area contributed by atoms with Crippen molar-refractivity contribution in [2.45, 2.75) is 37.8 Å². The molecule has 0 unspecified atom stereocenters. The highest BCUT2D eigenvalue weighted by molar-refractivity contribution is 7.19. The van der Waals surface area contributed by atoms with Gasteiger partial charge in [0.1, 0.15) is 17.0 Å². The number of amides is 1. The standard InChI is InChI=1S/C24H25N7OS/c1-29-11-18-10-17(29)12-30(18)24(32)14-2-3-19-20(8-14)33-23-21(19)22(25-13-26-23)28-15-5-7-31-16(9-15)4-6-27-31/h4-7,9,13-14,17-18H,2-3,8,10-12H2,1H3,(H,25,26,28)/t14-,17-,18-/m0/s1. The third-order valence-corrected chi connectivity index (χ3v) is 8.82. The summed E-state index contributed by atoms with van der Waals surface area (Å²) >= 11 is 1.72. The summed E-state index contributed by atoms with van der Waals surface area (Å²) in [6.45, 7) is 1.92. The Morgan fingerprint density at radius 1 is 1.21 bits per heavy atom. The highest BCUT2D eigenvalue weighted by atomic mass is 32.1. The van der Waals surface area contributed by atoms with Crippen molar-refractivity contribution in [3.8, 4) is 0 Å². The van der Waals surface area contributed by atoms with E-state index in [0.717, 1.165) is 66.0 Å². The van der Waals surface area contributed by atoms with Crippen LogP contribution in [0.4, 0.5) is 11.5 Å². The van der Waals surface area contributed by atoms with Gasteiger partial charge in [-0.3, -0.25) is 9.69 Å². The molecule has 2 bridgehead atoms. The van der Waals surface area contributed by atoms with Crippen LogP contribution >= 0.6 is 11.3 Å². The molecule has 168 valence electrons. The fourth-order valence-corrected chi connectivity index (χ4v) is 7.19. The molecular weight excluding hydrogens is 434 g/mol. The Morgan fingerprint density at radius 2 is 2.15 bits per heavy atom. The number of likely N-dealkylation sites (N-methyl/N-ethyl adjacent to an activating group) is 1. The van der Waals surface area contributed by atoms with E-state index in [9.17, 15) is 4.79 Å². The average Bonchev–Trinajstić information content (AvgIpc) is 3.59. The van der Waals surface area contributed by atoms with Gasteiger partial charge in [-0.25, -0.2) is 14.5 Å². The molecule has 0 saturated carbocycles. The highest BCUT2D eigenvalue weighted by Crippen LogP contribution is 2.41. The van der Waals surface area contributed by atoms with E-state index in [1.165, 1.54) is 10.4 Å². The minimum Gasteiger partial charge on any atom is -0.339 e. The number of aryl methyl sites for hydroxylation is 1. The van der Waals surface area contributed by atoms with Crippen molar-refractivity contribution in [3.05, 3.63) is 47.4 Å². The number of carbonyl (C=O) groups excluding carboxylic acids is 1. The summed E-state index contributed by atoms with van der Waals surface area (Å²) < 4.78 is 1.84. The van der Waals surface area contributed by atoms with Gasteiger partial charge < -0.3 is 10.2 Å². The molecular formula is C24H25N7OS. The van der Waals surface area contributed by atoms with E-state index < -0.39 is 0 Å². The van der Waals surface area contributed by atoms with Gasteiger partial charge in [-0.05, 0) is 56.5 Å². The maximum Gasteiger partial charge on any atom is 0.226 e. The van der Waals surface area contributed by atoms with E-state index in [0.29, 0.717) is 18.0 Å². The third-order valence-electron chi connectivity index (χ3n) is 7.65. The van der Waals surface area contributed by atoms with E-state index in [2.05, 4.69) is 43.3 Å². The van der Waals surface area contributed by atoms with Gasteiger partial charge in [0.2, 0.25) is 5.91 Å². The molecule has 0 radical (unpaired) electrons.